The molecule has 3 rings (SSSR count). The fourth-order valence-electron chi connectivity index (χ4n) is 2.20. The van der Waals surface area contributed by atoms with Crippen LogP contribution in [0.5, 0.6) is 5.75 Å². The number of hydrogen-bond donors (Lipinski definition) is 0. The zero-order valence-electron chi connectivity index (χ0n) is 12.6. The Morgan fingerprint density at radius 1 is 1.30 bits per heavy atom. The molecule has 0 unspecified atom stereocenters. The van der Waals surface area contributed by atoms with Gasteiger partial charge in [-0.1, -0.05) is 0 Å². The van der Waals surface area contributed by atoms with Crippen molar-refractivity contribution < 1.29 is 14.3 Å². The van der Waals surface area contributed by atoms with Gasteiger partial charge in [0, 0.05) is 5.38 Å². The Hall–Kier alpha value is -2.67. The number of aromatic nitrogens is 2. The summed E-state index contributed by atoms with van der Waals surface area (Å²) < 4.78 is 11.5. The second kappa shape index (κ2) is 6.21. The van der Waals surface area contributed by atoms with Crippen LogP contribution in [0.1, 0.15) is 17.3 Å². The molecular formula is C16H14N2O4S. The molecule has 0 amide bonds. The molecule has 2 aromatic heterocycles. The van der Waals surface area contributed by atoms with E-state index >= 15 is 0 Å². The first-order chi connectivity index (χ1) is 11.2. The molecule has 118 valence electrons. The third kappa shape index (κ3) is 2.70. The second-order valence-corrected chi connectivity index (χ2v) is 5.50. The fourth-order valence-corrected chi connectivity index (χ4v) is 3.06. The standard InChI is InChI=1S/C16H14N2O4S/c1-3-22-15(20)12-8-17-16-18(14(12)19)13(9-23-16)10-4-6-11(21-2)7-5-10/h4-9H,3H2,1-2H3. The van der Waals surface area contributed by atoms with Crippen LogP contribution in [-0.4, -0.2) is 29.1 Å². The van der Waals surface area contributed by atoms with Crippen LogP contribution in [0.3, 0.4) is 0 Å². The molecule has 0 aliphatic carbocycles. The molecule has 1 aromatic carbocycles. The number of rotatable bonds is 4. The molecule has 0 N–H and O–H groups in total. The highest BCUT2D eigenvalue weighted by atomic mass is 32.1. The number of ether oxygens (including phenoxy) is 2. The highest BCUT2D eigenvalue weighted by Crippen LogP contribution is 2.25. The molecule has 7 heteroatoms. The van der Waals surface area contributed by atoms with Crippen LogP contribution in [0.25, 0.3) is 16.2 Å². The van der Waals surface area contributed by atoms with Gasteiger partial charge in [-0.05, 0) is 36.8 Å². The number of nitrogens with zero attached hydrogens (tertiary/aromatic N) is 2. The Morgan fingerprint density at radius 2 is 2.04 bits per heavy atom. The third-order valence-electron chi connectivity index (χ3n) is 3.33. The molecule has 0 bridgehead atoms. The Morgan fingerprint density at radius 3 is 2.70 bits per heavy atom. The minimum Gasteiger partial charge on any atom is -0.497 e. The van der Waals surface area contributed by atoms with Crippen LogP contribution in [0.15, 0.2) is 40.6 Å². The zero-order chi connectivity index (χ0) is 16.4. The van der Waals surface area contributed by atoms with E-state index in [1.54, 1.807) is 14.0 Å². The minimum atomic E-state index is -0.661. The van der Waals surface area contributed by atoms with E-state index in [0.29, 0.717) is 10.7 Å². The highest BCUT2D eigenvalue weighted by molar-refractivity contribution is 7.15. The van der Waals surface area contributed by atoms with Gasteiger partial charge in [0.15, 0.2) is 4.96 Å². The first-order valence-electron chi connectivity index (χ1n) is 6.96. The molecule has 0 saturated heterocycles. The first kappa shape index (κ1) is 15.2. The van der Waals surface area contributed by atoms with Crippen molar-refractivity contribution >= 4 is 22.3 Å². The summed E-state index contributed by atoms with van der Waals surface area (Å²) in [4.78, 5) is 29.2. The predicted octanol–water partition coefficient (Wildman–Crippen LogP) is 2.61. The van der Waals surface area contributed by atoms with Crippen LogP contribution >= 0.6 is 11.3 Å². The van der Waals surface area contributed by atoms with Gasteiger partial charge in [0.2, 0.25) is 0 Å². The molecule has 0 saturated carbocycles. The molecule has 0 spiro atoms. The average molecular weight is 330 g/mol. The lowest BCUT2D eigenvalue weighted by Crippen LogP contribution is -2.24. The van der Waals surface area contributed by atoms with Crippen molar-refractivity contribution in [1.82, 2.24) is 9.38 Å². The van der Waals surface area contributed by atoms with E-state index in [1.165, 1.54) is 21.9 Å². The van der Waals surface area contributed by atoms with Crippen molar-refractivity contribution in [3.63, 3.8) is 0 Å². The van der Waals surface area contributed by atoms with E-state index < -0.39 is 11.5 Å². The summed E-state index contributed by atoms with van der Waals surface area (Å²) in [5.74, 6) is 0.0669. The molecule has 0 aliphatic rings. The van der Waals surface area contributed by atoms with E-state index in [0.717, 1.165) is 11.3 Å². The molecule has 0 atom stereocenters. The van der Waals surface area contributed by atoms with Crippen LogP contribution < -0.4 is 10.3 Å². The number of carbonyl (C=O) groups excluding carboxylic acids is 1. The molecule has 6 nitrogen and oxygen atoms in total. The van der Waals surface area contributed by atoms with Gasteiger partial charge in [-0.25, -0.2) is 9.78 Å². The molecule has 2 heterocycles. The average Bonchev–Trinajstić information content (AvgIpc) is 3.00. The third-order valence-corrected chi connectivity index (χ3v) is 4.17. The van der Waals surface area contributed by atoms with Crippen molar-refractivity contribution in [2.45, 2.75) is 6.92 Å². The zero-order valence-corrected chi connectivity index (χ0v) is 13.4. The topological polar surface area (TPSA) is 69.9 Å². The maximum Gasteiger partial charge on any atom is 0.345 e. The normalized spacial score (nSPS) is 10.7. The van der Waals surface area contributed by atoms with Crippen molar-refractivity contribution in [2.24, 2.45) is 0 Å². The number of hydrogen-bond acceptors (Lipinski definition) is 6. The number of carbonyl (C=O) groups is 1. The van der Waals surface area contributed by atoms with Gasteiger partial charge in [-0.2, -0.15) is 0 Å². The number of benzene rings is 1. The van der Waals surface area contributed by atoms with Crippen molar-refractivity contribution in [3.05, 3.63) is 51.8 Å². The molecule has 23 heavy (non-hydrogen) atoms. The van der Waals surface area contributed by atoms with Crippen LogP contribution in [0.2, 0.25) is 0 Å². The smallest absolute Gasteiger partial charge is 0.345 e. The number of esters is 1. The lowest BCUT2D eigenvalue weighted by molar-refractivity contribution is 0.0523. The summed E-state index contributed by atoms with van der Waals surface area (Å²) in [6.07, 6.45) is 1.27. The Kier molecular flexibility index (Phi) is 4.12. The predicted molar refractivity (Wildman–Crippen MR) is 87.3 cm³/mol. The SMILES string of the molecule is CCOC(=O)c1cnc2scc(-c3ccc(OC)cc3)n2c1=O. The quantitative estimate of drug-likeness (QED) is 0.688. The lowest BCUT2D eigenvalue weighted by Gasteiger charge is -2.05. The van der Waals surface area contributed by atoms with Crippen molar-refractivity contribution in [1.29, 1.82) is 0 Å². The monoisotopic (exact) mass is 330 g/mol. The number of methoxy groups -OCH3 is 1. The van der Waals surface area contributed by atoms with E-state index in [-0.39, 0.29) is 12.2 Å². The second-order valence-electron chi connectivity index (χ2n) is 4.66. The van der Waals surface area contributed by atoms with E-state index in [2.05, 4.69) is 4.98 Å². The summed E-state index contributed by atoms with van der Waals surface area (Å²) in [5.41, 5.74) is 1.01. The summed E-state index contributed by atoms with van der Waals surface area (Å²) in [5, 5.41) is 1.83. The van der Waals surface area contributed by atoms with Crippen LogP contribution in [0, 0.1) is 0 Å². The molecular weight excluding hydrogens is 316 g/mol. The summed E-state index contributed by atoms with van der Waals surface area (Å²) in [6.45, 7) is 1.89. The van der Waals surface area contributed by atoms with Gasteiger partial charge in [0.1, 0.15) is 11.3 Å². The molecule has 0 fully saturated rings. The lowest BCUT2D eigenvalue weighted by atomic mass is 10.1. The van der Waals surface area contributed by atoms with Crippen molar-refractivity contribution in [2.75, 3.05) is 13.7 Å². The maximum atomic E-state index is 12.6. The van der Waals surface area contributed by atoms with Gasteiger partial charge < -0.3 is 9.47 Å². The van der Waals surface area contributed by atoms with E-state index in [9.17, 15) is 9.59 Å². The molecule has 0 radical (unpaired) electrons. The van der Waals surface area contributed by atoms with Gasteiger partial charge in [-0.15, -0.1) is 11.3 Å². The van der Waals surface area contributed by atoms with Gasteiger partial charge in [0.05, 0.1) is 25.6 Å². The Labute approximate surface area is 135 Å². The fraction of sp³-hybridized carbons (Fsp3) is 0.188. The Balaban J connectivity index is 2.16. The summed E-state index contributed by atoms with van der Waals surface area (Å²) >= 11 is 1.34. The number of fused-ring (bicyclic) bond motifs is 1. The van der Waals surface area contributed by atoms with Gasteiger partial charge in [0.25, 0.3) is 5.56 Å². The highest BCUT2D eigenvalue weighted by Gasteiger charge is 2.17. The largest absolute Gasteiger partial charge is 0.497 e. The van der Waals surface area contributed by atoms with E-state index in [4.69, 9.17) is 9.47 Å². The van der Waals surface area contributed by atoms with Gasteiger partial charge >= 0.3 is 5.97 Å². The summed E-state index contributed by atoms with van der Waals surface area (Å²) in [7, 11) is 1.59. The van der Waals surface area contributed by atoms with Gasteiger partial charge in [-0.3, -0.25) is 9.20 Å². The van der Waals surface area contributed by atoms with Crippen LogP contribution in [-0.2, 0) is 4.74 Å². The maximum absolute atomic E-state index is 12.6. The Bertz CT molecular complexity index is 912. The molecule has 0 aliphatic heterocycles. The minimum absolute atomic E-state index is 0.0717. The van der Waals surface area contributed by atoms with Crippen LogP contribution in [0.4, 0.5) is 0 Å². The number of thiazole rings is 1. The molecule has 3 aromatic rings. The van der Waals surface area contributed by atoms with Crippen molar-refractivity contribution in [3.8, 4) is 17.0 Å². The van der Waals surface area contributed by atoms with E-state index in [1.807, 2.05) is 29.6 Å². The first-order valence-corrected chi connectivity index (χ1v) is 7.84. The summed E-state index contributed by atoms with van der Waals surface area (Å²) in [6, 6.07) is 7.33.